The van der Waals surface area contributed by atoms with E-state index in [0.29, 0.717) is 0 Å². The molecule has 0 aromatic heterocycles. The predicted molar refractivity (Wildman–Crippen MR) is 68.4 cm³/mol. The van der Waals surface area contributed by atoms with Crippen LogP contribution in [0.2, 0.25) is 0 Å². The van der Waals surface area contributed by atoms with Crippen LogP contribution in [-0.2, 0) is 6.42 Å². The van der Waals surface area contributed by atoms with Gasteiger partial charge in [0.1, 0.15) is 5.75 Å². The molecule has 0 saturated carbocycles. The summed E-state index contributed by atoms with van der Waals surface area (Å²) in [6.45, 7) is 4.47. The van der Waals surface area contributed by atoms with E-state index in [4.69, 9.17) is 4.74 Å². The van der Waals surface area contributed by atoms with Gasteiger partial charge in [-0.05, 0) is 45.1 Å². The number of rotatable bonds is 3. The third-order valence-electron chi connectivity index (χ3n) is 3.21. The summed E-state index contributed by atoms with van der Waals surface area (Å²) < 4.78 is 5.50. The predicted octanol–water partition coefficient (Wildman–Crippen LogP) is 2.00. The molecule has 0 amide bonds. The van der Waals surface area contributed by atoms with Gasteiger partial charge < -0.3 is 9.84 Å². The Morgan fingerprint density at radius 3 is 2.65 bits per heavy atom. The highest BCUT2D eigenvalue weighted by Gasteiger charge is 2.31. The van der Waals surface area contributed by atoms with E-state index in [1.54, 1.807) is 0 Å². The molecule has 3 nitrogen and oxygen atoms in total. The van der Waals surface area contributed by atoms with Crippen molar-refractivity contribution < 1.29 is 9.84 Å². The fourth-order valence-corrected chi connectivity index (χ4v) is 2.71. The fraction of sp³-hybridized carbons (Fsp3) is 0.571. The first-order chi connectivity index (χ1) is 7.89. The van der Waals surface area contributed by atoms with Crippen molar-refractivity contribution in [3.8, 4) is 5.75 Å². The number of fused-ring (bicyclic) bond motifs is 1. The van der Waals surface area contributed by atoms with Crippen LogP contribution >= 0.6 is 0 Å². The summed E-state index contributed by atoms with van der Waals surface area (Å²) in [5, 5.41) is 10.3. The van der Waals surface area contributed by atoms with Gasteiger partial charge in [0.15, 0.2) is 0 Å². The van der Waals surface area contributed by atoms with E-state index in [0.717, 1.165) is 24.3 Å². The Labute approximate surface area is 103 Å². The molecule has 94 valence electrons. The van der Waals surface area contributed by atoms with Crippen LogP contribution in [-0.4, -0.2) is 36.3 Å². The number of benzene rings is 1. The van der Waals surface area contributed by atoms with Gasteiger partial charge in [0.2, 0.25) is 0 Å². The number of aliphatic hydroxyl groups is 1. The van der Waals surface area contributed by atoms with Crippen LogP contribution in [0.1, 0.15) is 31.0 Å². The minimum absolute atomic E-state index is 0.00611. The molecule has 1 aromatic rings. The Bertz CT molecular complexity index is 407. The molecule has 0 spiro atoms. The van der Waals surface area contributed by atoms with Gasteiger partial charge in [0, 0.05) is 6.42 Å². The van der Waals surface area contributed by atoms with Crippen molar-refractivity contribution in [2.45, 2.75) is 31.9 Å². The SMILES string of the molecule is CN(C)C(c1ccc2c(c1)CCO2)C(C)(C)O. The van der Waals surface area contributed by atoms with Crippen molar-refractivity contribution in [3.63, 3.8) is 0 Å². The Morgan fingerprint density at radius 1 is 1.35 bits per heavy atom. The van der Waals surface area contributed by atoms with Crippen molar-refractivity contribution in [1.82, 2.24) is 4.90 Å². The van der Waals surface area contributed by atoms with Crippen LogP contribution in [0.25, 0.3) is 0 Å². The second-order valence-electron chi connectivity index (χ2n) is 5.49. The van der Waals surface area contributed by atoms with Crippen LogP contribution in [0.3, 0.4) is 0 Å². The standard InChI is InChI=1S/C14H21NO2/c1-14(2,16)13(15(3)4)11-5-6-12-10(9-11)7-8-17-12/h5-6,9,13,16H,7-8H2,1-4H3. The Morgan fingerprint density at radius 2 is 2.06 bits per heavy atom. The van der Waals surface area contributed by atoms with Crippen molar-refractivity contribution in [3.05, 3.63) is 29.3 Å². The van der Waals surface area contributed by atoms with Gasteiger partial charge in [-0.25, -0.2) is 0 Å². The second kappa shape index (κ2) is 4.31. The monoisotopic (exact) mass is 235 g/mol. The molecular weight excluding hydrogens is 214 g/mol. The lowest BCUT2D eigenvalue weighted by Crippen LogP contribution is -2.38. The summed E-state index contributed by atoms with van der Waals surface area (Å²) in [7, 11) is 3.98. The molecule has 17 heavy (non-hydrogen) atoms. The van der Waals surface area contributed by atoms with Crippen molar-refractivity contribution >= 4 is 0 Å². The smallest absolute Gasteiger partial charge is 0.122 e. The van der Waals surface area contributed by atoms with E-state index < -0.39 is 5.60 Å². The minimum Gasteiger partial charge on any atom is -0.493 e. The lowest BCUT2D eigenvalue weighted by Gasteiger charge is -2.35. The summed E-state index contributed by atoms with van der Waals surface area (Å²) in [4.78, 5) is 2.05. The minimum atomic E-state index is -0.767. The quantitative estimate of drug-likeness (QED) is 0.869. The van der Waals surface area contributed by atoms with E-state index >= 15 is 0 Å². The average Bonchev–Trinajstić information content (AvgIpc) is 2.61. The molecule has 1 aliphatic rings. The van der Waals surface area contributed by atoms with Crippen LogP contribution in [0.5, 0.6) is 5.75 Å². The average molecular weight is 235 g/mol. The van der Waals surface area contributed by atoms with E-state index in [9.17, 15) is 5.11 Å². The third-order valence-corrected chi connectivity index (χ3v) is 3.21. The molecule has 0 bridgehead atoms. The number of nitrogens with zero attached hydrogens (tertiary/aromatic N) is 1. The van der Waals surface area contributed by atoms with Crippen molar-refractivity contribution in [2.24, 2.45) is 0 Å². The van der Waals surface area contributed by atoms with Gasteiger partial charge in [-0.1, -0.05) is 12.1 Å². The van der Waals surface area contributed by atoms with Crippen molar-refractivity contribution in [1.29, 1.82) is 0 Å². The molecule has 0 aliphatic carbocycles. The van der Waals surface area contributed by atoms with Crippen LogP contribution in [0.15, 0.2) is 18.2 Å². The maximum absolute atomic E-state index is 10.3. The number of hydrogen-bond donors (Lipinski definition) is 1. The second-order valence-corrected chi connectivity index (χ2v) is 5.49. The van der Waals surface area contributed by atoms with E-state index in [1.165, 1.54) is 5.56 Å². The molecule has 0 radical (unpaired) electrons. The molecule has 3 heteroatoms. The van der Waals surface area contributed by atoms with Gasteiger partial charge in [-0.15, -0.1) is 0 Å². The number of likely N-dealkylation sites (N-methyl/N-ethyl adjacent to an activating group) is 1. The van der Waals surface area contributed by atoms with Gasteiger partial charge in [0.05, 0.1) is 18.2 Å². The first kappa shape index (κ1) is 12.4. The fourth-order valence-electron chi connectivity index (χ4n) is 2.71. The molecule has 1 N–H and O–H groups in total. The zero-order valence-corrected chi connectivity index (χ0v) is 11.0. The highest BCUT2D eigenvalue weighted by molar-refractivity contribution is 5.41. The lowest BCUT2D eigenvalue weighted by atomic mass is 9.90. The maximum Gasteiger partial charge on any atom is 0.122 e. The largest absolute Gasteiger partial charge is 0.493 e. The van der Waals surface area contributed by atoms with Gasteiger partial charge in [0.25, 0.3) is 0 Å². The molecule has 2 rings (SSSR count). The number of hydrogen-bond acceptors (Lipinski definition) is 3. The maximum atomic E-state index is 10.3. The Hall–Kier alpha value is -1.06. The first-order valence-corrected chi connectivity index (χ1v) is 6.04. The van der Waals surface area contributed by atoms with Crippen LogP contribution < -0.4 is 4.74 Å². The van der Waals surface area contributed by atoms with Gasteiger partial charge in [-0.3, -0.25) is 4.90 Å². The molecule has 1 atom stereocenters. The summed E-state index contributed by atoms with van der Waals surface area (Å²) in [5.41, 5.74) is 1.63. The Balaban J connectivity index is 2.37. The highest BCUT2D eigenvalue weighted by atomic mass is 16.5. The molecule has 0 saturated heterocycles. The molecule has 1 aromatic carbocycles. The molecule has 1 aliphatic heterocycles. The van der Waals surface area contributed by atoms with Crippen LogP contribution in [0, 0.1) is 0 Å². The zero-order chi connectivity index (χ0) is 12.6. The summed E-state index contributed by atoms with van der Waals surface area (Å²) >= 11 is 0. The van der Waals surface area contributed by atoms with E-state index in [2.05, 4.69) is 11.0 Å². The zero-order valence-electron chi connectivity index (χ0n) is 11.0. The topological polar surface area (TPSA) is 32.7 Å². The van der Waals surface area contributed by atoms with Crippen LogP contribution in [0.4, 0.5) is 0 Å². The van der Waals surface area contributed by atoms with Gasteiger partial charge in [-0.2, -0.15) is 0 Å². The third kappa shape index (κ3) is 2.45. The summed E-state index contributed by atoms with van der Waals surface area (Å²) in [6.07, 6.45) is 0.967. The van der Waals surface area contributed by atoms with E-state index in [-0.39, 0.29) is 6.04 Å². The van der Waals surface area contributed by atoms with Gasteiger partial charge >= 0.3 is 0 Å². The molecular formula is C14H21NO2. The van der Waals surface area contributed by atoms with Crippen molar-refractivity contribution in [2.75, 3.05) is 20.7 Å². The number of ether oxygens (including phenoxy) is 1. The summed E-state index contributed by atoms with van der Waals surface area (Å²) in [5.74, 6) is 0.988. The summed E-state index contributed by atoms with van der Waals surface area (Å²) in [6, 6.07) is 6.21. The molecule has 1 unspecified atom stereocenters. The first-order valence-electron chi connectivity index (χ1n) is 6.04. The molecule has 1 heterocycles. The molecule has 0 fully saturated rings. The normalized spacial score (nSPS) is 16.8. The Kier molecular flexibility index (Phi) is 3.15. The highest BCUT2D eigenvalue weighted by Crippen LogP contribution is 2.34. The lowest BCUT2D eigenvalue weighted by molar-refractivity contribution is -0.00317. The van der Waals surface area contributed by atoms with E-state index in [1.807, 2.05) is 40.1 Å².